The molecule has 102 valence electrons. The Hall–Kier alpha value is -1.36. The third kappa shape index (κ3) is 4.87. The fraction of sp³-hybridized carbons (Fsp3) is 0.692. The molecule has 5 heteroatoms. The Morgan fingerprint density at radius 2 is 2.11 bits per heavy atom. The van der Waals surface area contributed by atoms with Gasteiger partial charge in [0.2, 0.25) is 5.91 Å². The number of nitrogens with two attached hydrogens (primary N) is 1. The molecule has 0 aromatic carbocycles. The Morgan fingerprint density at radius 3 is 2.78 bits per heavy atom. The molecule has 1 amide bonds. The minimum absolute atomic E-state index is 0.0603. The quantitative estimate of drug-likeness (QED) is 0.697. The van der Waals surface area contributed by atoms with E-state index in [2.05, 4.69) is 10.4 Å². The summed E-state index contributed by atoms with van der Waals surface area (Å²) in [5.74, 6) is 0.835. The van der Waals surface area contributed by atoms with Crippen LogP contribution in [0.4, 0.5) is 5.82 Å². The molecule has 0 unspecified atom stereocenters. The highest BCUT2D eigenvalue weighted by molar-refractivity contribution is 5.89. The van der Waals surface area contributed by atoms with Crippen LogP contribution >= 0.6 is 0 Å². The van der Waals surface area contributed by atoms with E-state index in [9.17, 15) is 4.79 Å². The highest BCUT2D eigenvalue weighted by atomic mass is 16.1. The maximum Gasteiger partial charge on any atom is 0.225 e. The van der Waals surface area contributed by atoms with E-state index in [0.29, 0.717) is 6.42 Å². The van der Waals surface area contributed by atoms with Crippen molar-refractivity contribution in [3.63, 3.8) is 0 Å². The molecule has 1 rings (SSSR count). The molecule has 3 N–H and O–H groups in total. The summed E-state index contributed by atoms with van der Waals surface area (Å²) in [5.41, 5.74) is 5.42. The molecule has 0 spiro atoms. The lowest BCUT2D eigenvalue weighted by Crippen LogP contribution is -2.16. The minimum atomic E-state index is 0.0603. The van der Waals surface area contributed by atoms with Crippen molar-refractivity contribution in [1.82, 2.24) is 9.78 Å². The number of aromatic nitrogens is 2. The summed E-state index contributed by atoms with van der Waals surface area (Å²) in [6.07, 6.45) is 6.40. The second kappa shape index (κ2) is 7.87. The van der Waals surface area contributed by atoms with Crippen LogP contribution in [-0.2, 0) is 4.79 Å². The fourth-order valence-corrected chi connectivity index (χ4v) is 1.81. The lowest BCUT2D eigenvalue weighted by Gasteiger charge is -2.11. The molecule has 0 atom stereocenters. The number of nitrogens with one attached hydrogen (secondary N) is 1. The van der Waals surface area contributed by atoms with Gasteiger partial charge in [0.1, 0.15) is 5.82 Å². The number of rotatable bonds is 8. The van der Waals surface area contributed by atoms with E-state index < -0.39 is 0 Å². The van der Waals surface area contributed by atoms with Crippen molar-refractivity contribution in [2.45, 2.75) is 52.0 Å². The first kappa shape index (κ1) is 14.7. The fourth-order valence-electron chi connectivity index (χ4n) is 1.81. The van der Waals surface area contributed by atoms with Crippen LogP contribution in [0.25, 0.3) is 0 Å². The van der Waals surface area contributed by atoms with E-state index in [-0.39, 0.29) is 11.9 Å². The first-order valence-electron chi connectivity index (χ1n) is 6.68. The van der Waals surface area contributed by atoms with Gasteiger partial charge in [-0.1, -0.05) is 12.8 Å². The summed E-state index contributed by atoms with van der Waals surface area (Å²) >= 11 is 0. The number of carbonyl (C=O) groups is 1. The van der Waals surface area contributed by atoms with Crippen molar-refractivity contribution in [2.75, 3.05) is 11.9 Å². The highest BCUT2D eigenvalue weighted by Gasteiger charge is 2.08. The molecule has 18 heavy (non-hydrogen) atoms. The average Bonchev–Trinajstić information content (AvgIpc) is 2.77. The molecule has 1 heterocycles. The van der Waals surface area contributed by atoms with Crippen molar-refractivity contribution >= 4 is 11.7 Å². The van der Waals surface area contributed by atoms with Gasteiger partial charge >= 0.3 is 0 Å². The number of anilines is 1. The zero-order chi connectivity index (χ0) is 13.4. The average molecular weight is 252 g/mol. The van der Waals surface area contributed by atoms with Crippen molar-refractivity contribution in [3.8, 4) is 0 Å². The lowest BCUT2D eigenvalue weighted by atomic mass is 10.1. The Labute approximate surface area is 109 Å². The van der Waals surface area contributed by atoms with Gasteiger partial charge in [0, 0.05) is 18.5 Å². The SMILES string of the molecule is CC(C)n1nccc1NC(=O)CCCCCCN. The number of hydrogen-bond donors (Lipinski definition) is 2. The van der Waals surface area contributed by atoms with Gasteiger partial charge in [-0.05, 0) is 33.2 Å². The van der Waals surface area contributed by atoms with Crippen LogP contribution in [0.3, 0.4) is 0 Å². The van der Waals surface area contributed by atoms with Crippen LogP contribution in [0.15, 0.2) is 12.3 Å². The van der Waals surface area contributed by atoms with Gasteiger partial charge in [0.25, 0.3) is 0 Å². The highest BCUT2D eigenvalue weighted by Crippen LogP contribution is 2.13. The van der Waals surface area contributed by atoms with Crippen molar-refractivity contribution in [3.05, 3.63) is 12.3 Å². The Morgan fingerprint density at radius 1 is 1.39 bits per heavy atom. The lowest BCUT2D eigenvalue weighted by molar-refractivity contribution is -0.116. The topological polar surface area (TPSA) is 72.9 Å². The number of carbonyl (C=O) groups excluding carboxylic acids is 1. The van der Waals surface area contributed by atoms with Crippen LogP contribution in [0.2, 0.25) is 0 Å². The predicted molar refractivity (Wildman–Crippen MR) is 73.4 cm³/mol. The molecule has 0 aliphatic heterocycles. The molecule has 0 aliphatic rings. The zero-order valence-electron chi connectivity index (χ0n) is 11.4. The van der Waals surface area contributed by atoms with E-state index >= 15 is 0 Å². The van der Waals surface area contributed by atoms with Crippen molar-refractivity contribution in [2.24, 2.45) is 5.73 Å². The van der Waals surface area contributed by atoms with Gasteiger partial charge in [0.15, 0.2) is 0 Å². The Balaban J connectivity index is 2.29. The molecule has 0 bridgehead atoms. The number of amides is 1. The molecule has 1 aromatic heterocycles. The van der Waals surface area contributed by atoms with Crippen LogP contribution in [0.1, 0.15) is 52.0 Å². The maximum atomic E-state index is 11.7. The third-order valence-electron chi connectivity index (χ3n) is 2.78. The molecule has 0 saturated carbocycles. The van der Waals surface area contributed by atoms with Crippen LogP contribution in [-0.4, -0.2) is 22.2 Å². The van der Waals surface area contributed by atoms with Crippen molar-refractivity contribution in [1.29, 1.82) is 0 Å². The largest absolute Gasteiger partial charge is 0.330 e. The first-order valence-corrected chi connectivity index (χ1v) is 6.68. The predicted octanol–water partition coefficient (Wildman–Crippen LogP) is 2.31. The van der Waals surface area contributed by atoms with Crippen molar-refractivity contribution < 1.29 is 4.79 Å². The summed E-state index contributed by atoms with van der Waals surface area (Å²) < 4.78 is 1.81. The van der Waals surface area contributed by atoms with Gasteiger partial charge in [-0.25, -0.2) is 4.68 Å². The third-order valence-corrected chi connectivity index (χ3v) is 2.78. The van der Waals surface area contributed by atoms with Crippen LogP contribution in [0.5, 0.6) is 0 Å². The molecule has 1 aromatic rings. The van der Waals surface area contributed by atoms with Gasteiger partial charge < -0.3 is 11.1 Å². The van der Waals surface area contributed by atoms with E-state index in [4.69, 9.17) is 5.73 Å². The van der Waals surface area contributed by atoms with Crippen LogP contribution < -0.4 is 11.1 Å². The summed E-state index contributed by atoms with van der Waals surface area (Å²) in [7, 11) is 0. The van der Waals surface area contributed by atoms with E-state index in [0.717, 1.165) is 38.0 Å². The smallest absolute Gasteiger partial charge is 0.225 e. The van der Waals surface area contributed by atoms with E-state index in [1.54, 1.807) is 6.20 Å². The van der Waals surface area contributed by atoms with Gasteiger partial charge in [-0.3, -0.25) is 4.79 Å². The second-order valence-electron chi connectivity index (χ2n) is 4.76. The molecule has 0 aliphatic carbocycles. The van der Waals surface area contributed by atoms with Crippen LogP contribution in [0, 0.1) is 0 Å². The monoisotopic (exact) mass is 252 g/mol. The minimum Gasteiger partial charge on any atom is -0.330 e. The second-order valence-corrected chi connectivity index (χ2v) is 4.76. The molecule has 0 radical (unpaired) electrons. The van der Waals surface area contributed by atoms with Gasteiger partial charge in [0.05, 0.1) is 6.20 Å². The summed E-state index contributed by atoms with van der Waals surface area (Å²) in [6.45, 7) is 4.81. The Bertz CT molecular complexity index is 360. The van der Waals surface area contributed by atoms with Gasteiger partial charge in [-0.2, -0.15) is 5.10 Å². The first-order chi connectivity index (χ1) is 8.65. The summed E-state index contributed by atoms with van der Waals surface area (Å²) in [4.78, 5) is 11.7. The number of unbranched alkanes of at least 4 members (excludes halogenated alkanes) is 3. The molecule has 0 fully saturated rings. The Kier molecular flexibility index (Phi) is 6.43. The number of hydrogen-bond acceptors (Lipinski definition) is 3. The zero-order valence-corrected chi connectivity index (χ0v) is 11.4. The standard InChI is InChI=1S/C13H24N4O/c1-11(2)17-12(8-10-15-17)16-13(18)7-5-3-4-6-9-14/h8,10-11H,3-7,9,14H2,1-2H3,(H,16,18). The molecule has 0 saturated heterocycles. The molecular weight excluding hydrogens is 228 g/mol. The van der Waals surface area contributed by atoms with E-state index in [1.807, 2.05) is 24.6 Å². The molecule has 5 nitrogen and oxygen atoms in total. The number of nitrogens with zero attached hydrogens (tertiary/aromatic N) is 2. The summed E-state index contributed by atoms with van der Waals surface area (Å²) in [5, 5.41) is 7.08. The van der Waals surface area contributed by atoms with E-state index in [1.165, 1.54) is 0 Å². The van der Waals surface area contributed by atoms with Gasteiger partial charge in [-0.15, -0.1) is 0 Å². The summed E-state index contributed by atoms with van der Waals surface area (Å²) in [6, 6.07) is 2.08. The maximum absolute atomic E-state index is 11.7. The molecular formula is C13H24N4O. The normalized spacial score (nSPS) is 10.9.